The summed E-state index contributed by atoms with van der Waals surface area (Å²) >= 11 is 18.0. The van der Waals surface area contributed by atoms with E-state index < -0.39 is 20.0 Å². The van der Waals surface area contributed by atoms with Crippen molar-refractivity contribution in [1.82, 2.24) is 20.5 Å². The van der Waals surface area contributed by atoms with Gasteiger partial charge in [-0.05, 0) is 32.9 Å². The molecule has 8 nitrogen and oxygen atoms in total. The second kappa shape index (κ2) is 17.2. The van der Waals surface area contributed by atoms with Crippen LogP contribution in [0.5, 0.6) is 0 Å². The molecule has 16 heteroatoms. The Kier molecular flexibility index (Phi) is 19.5. The van der Waals surface area contributed by atoms with Gasteiger partial charge in [-0.2, -0.15) is 0 Å². The van der Waals surface area contributed by atoms with Gasteiger partial charge in [-0.1, -0.05) is 36.4 Å². The molecule has 0 amide bonds. The van der Waals surface area contributed by atoms with Crippen molar-refractivity contribution < 1.29 is 120 Å². The molecular formula is C14H14K2N4O4S6. The molecule has 0 unspecified atom stereocenters. The maximum Gasteiger partial charge on any atom is 1.00 e. The van der Waals surface area contributed by atoms with Crippen LogP contribution in [0.4, 0.5) is 0 Å². The second-order valence-electron chi connectivity index (χ2n) is 4.66. The summed E-state index contributed by atoms with van der Waals surface area (Å²) in [6.07, 6.45) is 0. The van der Waals surface area contributed by atoms with E-state index in [1.165, 1.54) is 24.3 Å². The van der Waals surface area contributed by atoms with E-state index in [1.54, 1.807) is 36.4 Å². The van der Waals surface area contributed by atoms with Crippen LogP contribution in [-0.2, 0) is 45.3 Å². The van der Waals surface area contributed by atoms with Crippen LogP contribution in [0, 0.1) is 0 Å². The number of hydrazine groups is 2. The number of nitrogens with one attached hydrogen (secondary N) is 4. The Labute approximate surface area is 283 Å². The molecule has 0 aliphatic heterocycles. The predicted molar refractivity (Wildman–Crippen MR) is 120 cm³/mol. The van der Waals surface area contributed by atoms with E-state index in [-0.39, 0.29) is 121 Å². The Balaban J connectivity index is 0. The third-order valence-corrected chi connectivity index (χ3v) is 5.62. The molecule has 0 aliphatic carbocycles. The molecule has 0 saturated carbocycles. The molecule has 0 fully saturated rings. The Morgan fingerprint density at radius 1 is 0.633 bits per heavy atom. The van der Waals surface area contributed by atoms with Crippen molar-refractivity contribution >= 4 is 78.4 Å². The largest absolute Gasteiger partial charge is 1.00 e. The molecule has 0 radical (unpaired) electrons. The summed E-state index contributed by atoms with van der Waals surface area (Å²) in [4.78, 5) is 4.41. The zero-order valence-corrected chi connectivity index (χ0v) is 27.0. The number of thiocarbonyl (C=S) groups is 2. The van der Waals surface area contributed by atoms with Crippen molar-refractivity contribution in [3.05, 3.63) is 60.7 Å². The SMILES string of the molecule is O=S(=O)(NNC(=S)[S-])c1ccccc1.O=S(=O)(NNC(=S)[S-])c1ccccc1.[K+].[K+]. The zero-order chi connectivity index (χ0) is 21.2. The van der Waals surface area contributed by atoms with Crippen molar-refractivity contribution in [3.8, 4) is 0 Å². The van der Waals surface area contributed by atoms with Gasteiger partial charge in [-0.25, -0.2) is 16.8 Å². The monoisotopic (exact) mass is 572 g/mol. The van der Waals surface area contributed by atoms with Gasteiger partial charge in [0.15, 0.2) is 0 Å². The molecule has 0 atom stereocenters. The van der Waals surface area contributed by atoms with Gasteiger partial charge in [-0.15, -0.1) is 9.66 Å². The normalized spacial score (nSPS) is 10.1. The van der Waals surface area contributed by atoms with E-state index in [0.717, 1.165) is 0 Å². The topological polar surface area (TPSA) is 116 Å². The summed E-state index contributed by atoms with van der Waals surface area (Å²) in [6.45, 7) is 0. The Hall–Kier alpha value is 1.75. The summed E-state index contributed by atoms with van der Waals surface area (Å²) in [5, 5.41) is 0. The van der Waals surface area contributed by atoms with Crippen LogP contribution in [0.2, 0.25) is 0 Å². The molecule has 0 aliphatic rings. The molecule has 4 N–H and O–H groups in total. The number of hydrogen-bond acceptors (Lipinski definition) is 8. The summed E-state index contributed by atoms with van der Waals surface area (Å²) < 4.78 is 45.7. The molecule has 30 heavy (non-hydrogen) atoms. The average molecular weight is 573 g/mol. The smallest absolute Gasteiger partial charge is 0.410 e. The number of rotatable bonds is 6. The summed E-state index contributed by atoms with van der Waals surface area (Å²) in [5.41, 5.74) is 4.39. The first-order valence-electron chi connectivity index (χ1n) is 7.12. The van der Waals surface area contributed by atoms with Gasteiger partial charge in [0.05, 0.1) is 9.79 Å². The molecular weight excluding hydrogens is 559 g/mol. The molecule has 0 heterocycles. The fourth-order valence-electron chi connectivity index (χ4n) is 1.53. The minimum absolute atomic E-state index is 0. The van der Waals surface area contributed by atoms with Gasteiger partial charge in [0.2, 0.25) is 0 Å². The van der Waals surface area contributed by atoms with Crippen LogP contribution in [0.25, 0.3) is 0 Å². The second-order valence-corrected chi connectivity index (χ2v) is 10.2. The van der Waals surface area contributed by atoms with Crippen LogP contribution in [0.1, 0.15) is 0 Å². The van der Waals surface area contributed by atoms with Crippen LogP contribution in [0.15, 0.2) is 70.5 Å². The molecule has 0 bridgehead atoms. The van der Waals surface area contributed by atoms with Crippen molar-refractivity contribution in [2.24, 2.45) is 0 Å². The third kappa shape index (κ3) is 14.1. The van der Waals surface area contributed by atoms with Crippen LogP contribution < -0.4 is 123 Å². The van der Waals surface area contributed by atoms with Crippen molar-refractivity contribution in [1.29, 1.82) is 0 Å². The summed E-state index contributed by atoms with van der Waals surface area (Å²) in [6, 6.07) is 15.8. The maximum atomic E-state index is 11.5. The van der Waals surface area contributed by atoms with Gasteiger partial charge < -0.3 is 60.5 Å². The standard InChI is InChI=1S/2C7H8N2O2S3.2K/c2*10-14(11,9-8-7(12)13)6-4-2-1-3-5-6;;/h2*1-5,9H,(H2,8,12,13);;/q;;2*+1/p-2. The molecule has 0 spiro atoms. The van der Waals surface area contributed by atoms with Crippen molar-refractivity contribution in [2.45, 2.75) is 9.79 Å². The quantitative estimate of drug-likeness (QED) is 0.116. The minimum Gasteiger partial charge on any atom is -0.410 e. The molecule has 152 valence electrons. The van der Waals surface area contributed by atoms with E-state index in [4.69, 9.17) is 0 Å². The number of sulfonamides is 2. The minimum atomic E-state index is -3.57. The fraction of sp³-hybridized carbons (Fsp3) is 0. The molecule has 0 saturated heterocycles. The van der Waals surface area contributed by atoms with Gasteiger partial charge in [-0.3, -0.25) is 0 Å². The molecule has 2 aromatic carbocycles. The van der Waals surface area contributed by atoms with E-state index >= 15 is 0 Å². The van der Waals surface area contributed by atoms with Crippen LogP contribution >= 0.6 is 24.4 Å². The van der Waals surface area contributed by atoms with Gasteiger partial charge in [0, 0.05) is 0 Å². The summed E-state index contributed by atoms with van der Waals surface area (Å²) in [7, 11) is -7.14. The van der Waals surface area contributed by atoms with Crippen LogP contribution in [0.3, 0.4) is 0 Å². The first-order chi connectivity index (χ1) is 13.0. The van der Waals surface area contributed by atoms with Gasteiger partial charge in [0.25, 0.3) is 20.0 Å². The average Bonchev–Trinajstić information content (AvgIpc) is 2.67. The molecule has 0 aromatic heterocycles. The summed E-state index contributed by atoms with van der Waals surface area (Å²) in [5.74, 6) is 0. The van der Waals surface area contributed by atoms with E-state index in [9.17, 15) is 16.8 Å². The van der Waals surface area contributed by atoms with Crippen molar-refractivity contribution in [2.75, 3.05) is 0 Å². The van der Waals surface area contributed by atoms with Gasteiger partial charge >= 0.3 is 103 Å². The third-order valence-electron chi connectivity index (χ3n) is 2.68. The van der Waals surface area contributed by atoms with Crippen molar-refractivity contribution in [3.63, 3.8) is 0 Å². The van der Waals surface area contributed by atoms with E-state index in [0.29, 0.717) is 0 Å². The van der Waals surface area contributed by atoms with E-state index in [2.05, 4.69) is 70.2 Å². The number of benzene rings is 2. The number of hydrogen-bond donors (Lipinski definition) is 4. The van der Waals surface area contributed by atoms with Gasteiger partial charge in [0.1, 0.15) is 0 Å². The Bertz CT molecular complexity index is 926. The fourth-order valence-corrected chi connectivity index (χ4v) is 3.74. The molecule has 2 rings (SSSR count). The Morgan fingerprint density at radius 2 is 0.900 bits per heavy atom. The molecule has 2 aromatic rings. The maximum absolute atomic E-state index is 11.5. The first-order valence-corrected chi connectivity index (χ1v) is 11.7. The van der Waals surface area contributed by atoms with Crippen LogP contribution in [-0.4, -0.2) is 25.5 Å². The van der Waals surface area contributed by atoms with E-state index in [1.807, 2.05) is 0 Å². The Morgan fingerprint density at radius 3 is 1.13 bits per heavy atom. The predicted octanol–water partition coefficient (Wildman–Crippen LogP) is -5.39. The zero-order valence-electron chi connectivity index (χ0n) is 15.9. The first kappa shape index (κ1) is 33.9.